The molecule has 1 heterocycles. The summed E-state index contributed by atoms with van der Waals surface area (Å²) in [6.07, 6.45) is 3.93. The van der Waals surface area contributed by atoms with Gasteiger partial charge < -0.3 is 5.32 Å². The van der Waals surface area contributed by atoms with Gasteiger partial charge in [0.05, 0.1) is 6.54 Å². The second-order valence-corrected chi connectivity index (χ2v) is 5.40. The van der Waals surface area contributed by atoms with E-state index in [1.54, 1.807) is 0 Å². The molecule has 0 unspecified atom stereocenters. The zero-order valence-corrected chi connectivity index (χ0v) is 10.6. The first-order valence-electron chi connectivity index (χ1n) is 6.26. The van der Waals surface area contributed by atoms with E-state index in [1.807, 2.05) is 6.92 Å². The molecule has 2 fully saturated rings. The number of carbonyl (C=O) groups is 2. The molecule has 1 N–H and O–H groups in total. The van der Waals surface area contributed by atoms with Crippen molar-refractivity contribution in [2.24, 2.45) is 5.92 Å². The van der Waals surface area contributed by atoms with Crippen molar-refractivity contribution in [3.8, 4) is 0 Å². The van der Waals surface area contributed by atoms with Crippen LogP contribution in [-0.2, 0) is 4.79 Å². The third-order valence-electron chi connectivity index (χ3n) is 3.93. The molecule has 94 valence electrons. The Balaban J connectivity index is 2.24. The fourth-order valence-corrected chi connectivity index (χ4v) is 2.91. The SMILES string of the molecule is C=C(C)CN1C(=O)N[C@@]2(CCCC[C@H]2C)C1=O. The molecule has 1 aliphatic carbocycles. The van der Waals surface area contributed by atoms with Crippen LogP contribution in [0.25, 0.3) is 0 Å². The average molecular weight is 236 g/mol. The zero-order chi connectivity index (χ0) is 12.6. The minimum absolute atomic E-state index is 0.0577. The first kappa shape index (κ1) is 12.1. The number of nitrogens with one attached hydrogen (secondary N) is 1. The highest BCUT2D eigenvalue weighted by Crippen LogP contribution is 2.38. The molecule has 0 aromatic heterocycles. The minimum Gasteiger partial charge on any atom is -0.323 e. The summed E-state index contributed by atoms with van der Waals surface area (Å²) in [4.78, 5) is 25.6. The van der Waals surface area contributed by atoms with Gasteiger partial charge in [-0.05, 0) is 25.7 Å². The van der Waals surface area contributed by atoms with Crippen molar-refractivity contribution in [1.82, 2.24) is 10.2 Å². The largest absolute Gasteiger partial charge is 0.325 e. The molecule has 1 saturated heterocycles. The van der Waals surface area contributed by atoms with Gasteiger partial charge in [0.2, 0.25) is 0 Å². The lowest BCUT2D eigenvalue weighted by Gasteiger charge is -2.36. The number of urea groups is 1. The fraction of sp³-hybridized carbons (Fsp3) is 0.692. The second-order valence-electron chi connectivity index (χ2n) is 5.40. The first-order valence-corrected chi connectivity index (χ1v) is 6.26. The summed E-state index contributed by atoms with van der Waals surface area (Å²) in [5, 5.41) is 2.92. The van der Waals surface area contributed by atoms with Gasteiger partial charge in [-0.3, -0.25) is 9.69 Å². The summed E-state index contributed by atoms with van der Waals surface area (Å²) in [7, 11) is 0. The molecule has 0 bridgehead atoms. The van der Waals surface area contributed by atoms with Gasteiger partial charge in [0.1, 0.15) is 5.54 Å². The molecule has 3 amide bonds. The van der Waals surface area contributed by atoms with Crippen LogP contribution < -0.4 is 5.32 Å². The van der Waals surface area contributed by atoms with Crippen LogP contribution in [0, 0.1) is 5.92 Å². The van der Waals surface area contributed by atoms with Crippen molar-refractivity contribution in [2.75, 3.05) is 6.54 Å². The van der Waals surface area contributed by atoms with Gasteiger partial charge in [0, 0.05) is 0 Å². The van der Waals surface area contributed by atoms with Crippen LogP contribution in [0.15, 0.2) is 12.2 Å². The topological polar surface area (TPSA) is 49.4 Å². The smallest absolute Gasteiger partial charge is 0.323 e. The Labute approximate surface area is 102 Å². The van der Waals surface area contributed by atoms with Crippen LogP contribution in [0.1, 0.15) is 39.5 Å². The standard InChI is InChI=1S/C13H20N2O2/c1-9(2)8-15-11(16)13(14-12(15)17)7-5-4-6-10(13)3/h10H,1,4-8H2,2-3H3,(H,14,17)/t10-,13-/m1/s1. The van der Waals surface area contributed by atoms with Crippen molar-refractivity contribution < 1.29 is 9.59 Å². The summed E-state index contributed by atoms with van der Waals surface area (Å²) in [5.74, 6) is 0.167. The average Bonchev–Trinajstić information content (AvgIpc) is 2.48. The van der Waals surface area contributed by atoms with E-state index in [2.05, 4.69) is 18.8 Å². The van der Waals surface area contributed by atoms with E-state index in [0.29, 0.717) is 6.54 Å². The highest BCUT2D eigenvalue weighted by Gasteiger charge is 2.54. The first-order chi connectivity index (χ1) is 7.97. The minimum atomic E-state index is -0.634. The predicted molar refractivity (Wildman–Crippen MR) is 65.4 cm³/mol. The fourth-order valence-electron chi connectivity index (χ4n) is 2.91. The maximum Gasteiger partial charge on any atom is 0.325 e. The predicted octanol–water partition coefficient (Wildman–Crippen LogP) is 2.06. The molecule has 2 rings (SSSR count). The van der Waals surface area contributed by atoms with Crippen LogP contribution in [0.4, 0.5) is 4.79 Å². The van der Waals surface area contributed by atoms with Crippen LogP contribution in [-0.4, -0.2) is 28.9 Å². The van der Waals surface area contributed by atoms with Gasteiger partial charge in [-0.1, -0.05) is 31.9 Å². The number of imide groups is 1. The summed E-state index contributed by atoms with van der Waals surface area (Å²) < 4.78 is 0. The van der Waals surface area contributed by atoms with Crippen LogP contribution >= 0.6 is 0 Å². The molecule has 2 atom stereocenters. The van der Waals surface area contributed by atoms with Crippen molar-refractivity contribution in [3.63, 3.8) is 0 Å². The van der Waals surface area contributed by atoms with Crippen LogP contribution in [0.3, 0.4) is 0 Å². The molecule has 0 aromatic rings. The Morgan fingerprint density at radius 2 is 2.24 bits per heavy atom. The Morgan fingerprint density at radius 3 is 2.82 bits per heavy atom. The number of hydrogen-bond donors (Lipinski definition) is 1. The van der Waals surface area contributed by atoms with Gasteiger partial charge in [0.15, 0.2) is 0 Å². The molecule has 4 heteroatoms. The number of hydrogen-bond acceptors (Lipinski definition) is 2. The van der Waals surface area contributed by atoms with E-state index in [0.717, 1.165) is 31.3 Å². The molecule has 2 aliphatic rings. The lowest BCUT2D eigenvalue weighted by atomic mass is 9.73. The van der Waals surface area contributed by atoms with Gasteiger partial charge in [-0.2, -0.15) is 0 Å². The number of carbonyl (C=O) groups excluding carboxylic acids is 2. The number of amides is 3. The Bertz CT molecular complexity index is 378. The molecule has 0 radical (unpaired) electrons. The van der Waals surface area contributed by atoms with Crippen molar-refractivity contribution >= 4 is 11.9 Å². The number of rotatable bonds is 2. The van der Waals surface area contributed by atoms with Crippen LogP contribution in [0.5, 0.6) is 0 Å². The molecule has 4 nitrogen and oxygen atoms in total. The van der Waals surface area contributed by atoms with Crippen molar-refractivity contribution in [1.29, 1.82) is 0 Å². The van der Waals surface area contributed by atoms with E-state index in [1.165, 1.54) is 4.90 Å². The summed E-state index contributed by atoms with van der Waals surface area (Å²) in [5.41, 5.74) is 0.194. The molecule has 1 spiro atoms. The highest BCUT2D eigenvalue weighted by molar-refractivity contribution is 6.07. The third-order valence-corrected chi connectivity index (χ3v) is 3.93. The second kappa shape index (κ2) is 4.17. The lowest BCUT2D eigenvalue weighted by Crippen LogP contribution is -2.53. The lowest BCUT2D eigenvalue weighted by molar-refractivity contribution is -0.133. The normalized spacial score (nSPS) is 33.1. The summed E-state index contributed by atoms with van der Waals surface area (Å²) in [6, 6.07) is -0.258. The maximum atomic E-state index is 12.4. The molecule has 1 aliphatic heterocycles. The van der Waals surface area contributed by atoms with E-state index in [-0.39, 0.29) is 17.9 Å². The number of nitrogens with zero attached hydrogens (tertiary/aromatic N) is 1. The van der Waals surface area contributed by atoms with E-state index in [9.17, 15) is 9.59 Å². The van der Waals surface area contributed by atoms with Crippen molar-refractivity contribution in [3.05, 3.63) is 12.2 Å². The van der Waals surface area contributed by atoms with Gasteiger partial charge in [0.25, 0.3) is 5.91 Å². The van der Waals surface area contributed by atoms with E-state index in [4.69, 9.17) is 0 Å². The maximum absolute atomic E-state index is 12.4. The van der Waals surface area contributed by atoms with Gasteiger partial charge in [-0.15, -0.1) is 0 Å². The molecule has 0 aromatic carbocycles. The Hall–Kier alpha value is -1.32. The molecular formula is C13H20N2O2. The van der Waals surface area contributed by atoms with Gasteiger partial charge in [-0.25, -0.2) is 4.79 Å². The highest BCUT2D eigenvalue weighted by atomic mass is 16.2. The molecule has 17 heavy (non-hydrogen) atoms. The van der Waals surface area contributed by atoms with E-state index < -0.39 is 5.54 Å². The zero-order valence-electron chi connectivity index (χ0n) is 10.6. The van der Waals surface area contributed by atoms with Crippen LogP contribution in [0.2, 0.25) is 0 Å². The van der Waals surface area contributed by atoms with Gasteiger partial charge >= 0.3 is 6.03 Å². The van der Waals surface area contributed by atoms with E-state index >= 15 is 0 Å². The summed E-state index contributed by atoms with van der Waals surface area (Å²) in [6.45, 7) is 7.99. The molecule has 1 saturated carbocycles. The molecular weight excluding hydrogens is 216 g/mol. The quantitative estimate of drug-likeness (QED) is 0.589. The Morgan fingerprint density at radius 1 is 1.53 bits per heavy atom. The van der Waals surface area contributed by atoms with Crippen molar-refractivity contribution in [2.45, 2.75) is 45.1 Å². The Kier molecular flexibility index (Phi) is 2.98. The monoisotopic (exact) mass is 236 g/mol. The third kappa shape index (κ3) is 1.85. The summed E-state index contributed by atoms with van der Waals surface area (Å²) >= 11 is 0.